The Hall–Kier alpha value is -3.34. The first-order valence-electron chi connectivity index (χ1n) is 11.1. The second-order valence-electron chi connectivity index (χ2n) is 8.47. The lowest BCUT2D eigenvalue weighted by atomic mass is 9.98. The number of hydrogen-bond donors (Lipinski definition) is 0. The van der Waals surface area contributed by atoms with Gasteiger partial charge in [0.15, 0.2) is 0 Å². The van der Waals surface area contributed by atoms with Crippen molar-refractivity contribution in [2.45, 2.75) is 46.2 Å². The van der Waals surface area contributed by atoms with Gasteiger partial charge in [0.2, 0.25) is 0 Å². The van der Waals surface area contributed by atoms with Crippen LogP contribution >= 0.6 is 0 Å². The largest absolute Gasteiger partial charge is 0.416 e. The molecule has 33 heavy (non-hydrogen) atoms. The Balaban J connectivity index is 2.00. The summed E-state index contributed by atoms with van der Waals surface area (Å²) in [4.78, 5) is 13.8. The Kier molecular flexibility index (Phi) is 6.15. The fraction of sp³-hybridized carbons (Fsp3) is 0.250. The highest BCUT2D eigenvalue weighted by Crippen LogP contribution is 2.37. The predicted molar refractivity (Wildman–Crippen MR) is 127 cm³/mol. The number of rotatable bonds is 5. The van der Waals surface area contributed by atoms with Crippen molar-refractivity contribution in [3.8, 4) is 11.3 Å². The number of halogens is 3. The number of aryl methyl sites for hydroxylation is 3. The number of hydrogen-bond acceptors (Lipinski definition) is 1. The summed E-state index contributed by atoms with van der Waals surface area (Å²) in [6.45, 7) is 6.18. The van der Waals surface area contributed by atoms with E-state index in [1.54, 1.807) is 4.57 Å². The van der Waals surface area contributed by atoms with Gasteiger partial charge in [0.05, 0.1) is 16.8 Å². The summed E-state index contributed by atoms with van der Waals surface area (Å²) in [5.74, 6) is -0.335. The van der Waals surface area contributed by atoms with E-state index in [9.17, 15) is 18.0 Å². The zero-order valence-electron chi connectivity index (χ0n) is 19.0. The zero-order valence-corrected chi connectivity index (χ0v) is 19.0. The molecule has 0 aliphatic carbocycles. The number of nitrogens with zero attached hydrogens (tertiary/aromatic N) is 1. The van der Waals surface area contributed by atoms with E-state index in [1.807, 2.05) is 43.3 Å². The number of fused-ring (bicyclic) bond motifs is 1. The van der Waals surface area contributed by atoms with Gasteiger partial charge in [-0.25, -0.2) is 0 Å². The molecule has 170 valence electrons. The normalized spacial score (nSPS) is 11.8. The Morgan fingerprint density at radius 1 is 0.909 bits per heavy atom. The smallest absolute Gasteiger partial charge is 0.275 e. The van der Waals surface area contributed by atoms with Crippen molar-refractivity contribution in [1.82, 2.24) is 4.57 Å². The summed E-state index contributed by atoms with van der Waals surface area (Å²) in [5, 5.41) is 1.02. The third-order valence-electron chi connectivity index (χ3n) is 6.18. The maximum atomic E-state index is 13.8. The van der Waals surface area contributed by atoms with Gasteiger partial charge in [-0.3, -0.25) is 9.36 Å². The molecule has 0 aliphatic rings. The second-order valence-corrected chi connectivity index (χ2v) is 8.47. The molecule has 0 unspecified atom stereocenters. The second kappa shape index (κ2) is 8.89. The standard InChI is InChI=1S/C28H26F3NO/c1-4-5-11-23-24-16-18(2)19(3)17-25(24)32(26(23)20-9-7-6-8-10-20)27(33)21-12-14-22(15-13-21)28(29,30)31/h6-10,12-17H,4-5,11H2,1-3H3. The lowest BCUT2D eigenvalue weighted by Gasteiger charge is -2.13. The van der Waals surface area contributed by atoms with E-state index in [-0.39, 0.29) is 11.5 Å². The van der Waals surface area contributed by atoms with Gasteiger partial charge in [-0.15, -0.1) is 0 Å². The molecule has 1 heterocycles. The molecule has 0 atom stereocenters. The number of carbonyl (C=O) groups excluding carboxylic acids is 1. The van der Waals surface area contributed by atoms with Gasteiger partial charge < -0.3 is 0 Å². The molecule has 4 aromatic rings. The molecule has 0 radical (unpaired) electrons. The van der Waals surface area contributed by atoms with E-state index in [0.29, 0.717) is 0 Å². The minimum Gasteiger partial charge on any atom is -0.275 e. The summed E-state index contributed by atoms with van der Waals surface area (Å²) < 4.78 is 40.8. The lowest BCUT2D eigenvalue weighted by Crippen LogP contribution is -2.14. The maximum absolute atomic E-state index is 13.8. The molecule has 0 saturated heterocycles. The number of alkyl halides is 3. The molecule has 2 nitrogen and oxygen atoms in total. The number of aromatic nitrogens is 1. The SMILES string of the molecule is CCCCc1c(-c2ccccc2)n(C(=O)c2ccc(C(F)(F)F)cc2)c2cc(C)c(C)cc12. The average molecular weight is 450 g/mol. The topological polar surface area (TPSA) is 22.0 Å². The molecule has 0 fully saturated rings. The number of benzene rings is 3. The van der Waals surface area contributed by atoms with Crippen LogP contribution in [0, 0.1) is 13.8 Å². The molecular weight excluding hydrogens is 423 g/mol. The Morgan fingerprint density at radius 2 is 1.55 bits per heavy atom. The van der Waals surface area contributed by atoms with Gasteiger partial charge in [0.1, 0.15) is 0 Å². The molecule has 5 heteroatoms. The monoisotopic (exact) mass is 449 g/mol. The molecule has 0 bridgehead atoms. The van der Waals surface area contributed by atoms with Crippen LogP contribution in [0.25, 0.3) is 22.2 Å². The first-order valence-corrected chi connectivity index (χ1v) is 11.1. The molecular formula is C28H26F3NO. The first-order chi connectivity index (χ1) is 15.7. The van der Waals surface area contributed by atoms with Crippen LogP contribution in [0.2, 0.25) is 0 Å². The first kappa shape index (κ1) is 22.8. The summed E-state index contributed by atoms with van der Waals surface area (Å²) in [6, 6.07) is 18.3. The number of carbonyl (C=O) groups is 1. The van der Waals surface area contributed by atoms with Crippen molar-refractivity contribution in [2.75, 3.05) is 0 Å². The summed E-state index contributed by atoms with van der Waals surface area (Å²) in [7, 11) is 0. The lowest BCUT2D eigenvalue weighted by molar-refractivity contribution is -0.137. The molecule has 0 saturated carbocycles. The minimum atomic E-state index is -4.45. The van der Waals surface area contributed by atoms with E-state index < -0.39 is 11.7 Å². The van der Waals surface area contributed by atoms with Gasteiger partial charge in [0, 0.05) is 10.9 Å². The van der Waals surface area contributed by atoms with Crippen LogP contribution in [0.5, 0.6) is 0 Å². The number of unbranched alkanes of at least 4 members (excludes halogenated alkanes) is 1. The van der Waals surface area contributed by atoms with Crippen molar-refractivity contribution in [3.05, 3.63) is 94.5 Å². The highest BCUT2D eigenvalue weighted by molar-refractivity contribution is 6.08. The van der Waals surface area contributed by atoms with Crippen LogP contribution in [-0.4, -0.2) is 10.5 Å². The van der Waals surface area contributed by atoms with Gasteiger partial charge in [-0.2, -0.15) is 13.2 Å². The van der Waals surface area contributed by atoms with Crippen molar-refractivity contribution in [1.29, 1.82) is 0 Å². The fourth-order valence-electron chi connectivity index (χ4n) is 4.26. The van der Waals surface area contributed by atoms with E-state index >= 15 is 0 Å². The fourth-order valence-corrected chi connectivity index (χ4v) is 4.26. The third-order valence-corrected chi connectivity index (χ3v) is 6.18. The highest BCUT2D eigenvalue weighted by Gasteiger charge is 2.31. The van der Waals surface area contributed by atoms with E-state index in [0.717, 1.165) is 70.2 Å². The highest BCUT2D eigenvalue weighted by atomic mass is 19.4. The Morgan fingerprint density at radius 3 is 2.15 bits per heavy atom. The van der Waals surface area contributed by atoms with Gasteiger partial charge >= 0.3 is 6.18 Å². The predicted octanol–water partition coefficient (Wildman–Crippen LogP) is 7.98. The van der Waals surface area contributed by atoms with Crippen LogP contribution < -0.4 is 0 Å². The quantitative estimate of drug-likeness (QED) is 0.303. The third kappa shape index (κ3) is 4.32. The van der Waals surface area contributed by atoms with Crippen LogP contribution in [0.4, 0.5) is 13.2 Å². The van der Waals surface area contributed by atoms with Crippen molar-refractivity contribution < 1.29 is 18.0 Å². The maximum Gasteiger partial charge on any atom is 0.416 e. The molecule has 0 spiro atoms. The van der Waals surface area contributed by atoms with E-state index in [4.69, 9.17) is 0 Å². The van der Waals surface area contributed by atoms with Gasteiger partial charge in [-0.05, 0) is 85.3 Å². The summed E-state index contributed by atoms with van der Waals surface area (Å²) in [6.07, 6.45) is -1.65. The molecule has 0 N–H and O–H groups in total. The van der Waals surface area contributed by atoms with Crippen molar-refractivity contribution >= 4 is 16.8 Å². The Bertz CT molecular complexity index is 1300. The average Bonchev–Trinajstić information content (AvgIpc) is 3.10. The van der Waals surface area contributed by atoms with E-state index in [1.165, 1.54) is 12.1 Å². The van der Waals surface area contributed by atoms with Crippen molar-refractivity contribution in [2.24, 2.45) is 0 Å². The summed E-state index contributed by atoms with van der Waals surface area (Å²) in [5.41, 5.74) is 5.26. The summed E-state index contributed by atoms with van der Waals surface area (Å²) >= 11 is 0. The molecule has 0 amide bonds. The molecule has 1 aromatic heterocycles. The van der Waals surface area contributed by atoms with E-state index in [2.05, 4.69) is 19.9 Å². The van der Waals surface area contributed by atoms with Crippen molar-refractivity contribution in [3.63, 3.8) is 0 Å². The van der Waals surface area contributed by atoms with Gasteiger partial charge in [0.25, 0.3) is 5.91 Å². The minimum absolute atomic E-state index is 0.220. The molecule has 4 rings (SSSR count). The van der Waals surface area contributed by atoms with Crippen LogP contribution in [0.3, 0.4) is 0 Å². The zero-order chi connectivity index (χ0) is 23.8. The Labute approximate surface area is 191 Å². The van der Waals surface area contributed by atoms with Crippen LogP contribution in [0.1, 0.15) is 52.4 Å². The molecule has 3 aromatic carbocycles. The van der Waals surface area contributed by atoms with Crippen LogP contribution in [0.15, 0.2) is 66.7 Å². The van der Waals surface area contributed by atoms with Gasteiger partial charge in [-0.1, -0.05) is 43.7 Å². The van der Waals surface area contributed by atoms with Crippen LogP contribution in [-0.2, 0) is 12.6 Å². The molecule has 0 aliphatic heterocycles.